The quantitative estimate of drug-likeness (QED) is 0.531. The molecule has 2 aromatic carbocycles. The molecule has 1 heterocycles. The van der Waals surface area contributed by atoms with Gasteiger partial charge in [-0.05, 0) is 62.6 Å². The van der Waals surface area contributed by atoms with Crippen LogP contribution in [-0.4, -0.2) is 7.11 Å². The van der Waals surface area contributed by atoms with Gasteiger partial charge in [0.15, 0.2) is 4.67 Å². The topological polar surface area (TPSA) is 22.4 Å². The zero-order valence-electron chi connectivity index (χ0n) is 10.8. The lowest BCUT2D eigenvalue weighted by atomic mass is 10.0. The monoisotopic (exact) mass is 394 g/mol. The number of hydrogen-bond acceptors (Lipinski definition) is 2. The minimum atomic E-state index is 0.0419. The first-order valence-corrected chi connectivity index (χ1v) is 7.85. The summed E-state index contributed by atoms with van der Waals surface area (Å²) in [5, 5.41) is 2.34. The van der Waals surface area contributed by atoms with Crippen LogP contribution in [0.5, 0.6) is 5.75 Å². The number of alkyl halides is 1. The molecular formula is C16H12Br2O2. The Balaban J connectivity index is 2.00. The van der Waals surface area contributed by atoms with Gasteiger partial charge in [-0.15, -0.1) is 0 Å². The zero-order chi connectivity index (χ0) is 14.1. The molecule has 0 N–H and O–H groups in total. The third kappa shape index (κ3) is 2.63. The van der Waals surface area contributed by atoms with E-state index in [1.54, 1.807) is 7.11 Å². The molecule has 1 atom stereocenters. The predicted molar refractivity (Wildman–Crippen MR) is 87.7 cm³/mol. The molecule has 2 nitrogen and oxygen atoms in total. The Morgan fingerprint density at radius 3 is 2.45 bits per heavy atom. The standard InChI is InChI=1S/C16H12Br2O2/c1-19-13-5-4-10-8-12(3-2-11(10)9-13)16(18)14-6-7-15(17)20-14/h2-9,16H,1H3. The van der Waals surface area contributed by atoms with Gasteiger partial charge in [0.25, 0.3) is 0 Å². The van der Waals surface area contributed by atoms with E-state index in [1.165, 1.54) is 5.39 Å². The van der Waals surface area contributed by atoms with Crippen LogP contribution in [0.4, 0.5) is 0 Å². The third-order valence-corrected chi connectivity index (χ3v) is 4.61. The minimum Gasteiger partial charge on any atom is -0.497 e. The van der Waals surface area contributed by atoms with Gasteiger partial charge < -0.3 is 9.15 Å². The fraction of sp³-hybridized carbons (Fsp3) is 0.125. The van der Waals surface area contributed by atoms with Crippen molar-refractivity contribution in [2.24, 2.45) is 0 Å². The Kier molecular flexibility index (Phi) is 3.85. The van der Waals surface area contributed by atoms with Crippen molar-refractivity contribution in [2.45, 2.75) is 4.83 Å². The molecule has 1 aromatic heterocycles. The number of halogens is 2. The lowest BCUT2D eigenvalue weighted by Crippen LogP contribution is -1.91. The summed E-state index contributed by atoms with van der Waals surface area (Å²) >= 11 is 7.01. The first-order valence-electron chi connectivity index (χ1n) is 6.14. The van der Waals surface area contributed by atoms with Crippen LogP contribution in [0.2, 0.25) is 0 Å². The van der Waals surface area contributed by atoms with Crippen LogP contribution >= 0.6 is 31.9 Å². The summed E-state index contributed by atoms with van der Waals surface area (Å²) in [6, 6.07) is 16.3. The molecule has 0 amide bonds. The number of benzene rings is 2. The number of rotatable bonds is 3. The molecule has 4 heteroatoms. The van der Waals surface area contributed by atoms with Crippen molar-refractivity contribution in [1.29, 1.82) is 0 Å². The van der Waals surface area contributed by atoms with Crippen LogP contribution in [-0.2, 0) is 0 Å². The van der Waals surface area contributed by atoms with E-state index in [9.17, 15) is 0 Å². The maximum absolute atomic E-state index is 5.60. The highest BCUT2D eigenvalue weighted by Gasteiger charge is 2.14. The summed E-state index contributed by atoms with van der Waals surface area (Å²) in [4.78, 5) is 0.0419. The Morgan fingerprint density at radius 2 is 1.75 bits per heavy atom. The molecule has 0 aliphatic rings. The normalized spacial score (nSPS) is 12.6. The molecule has 0 aliphatic heterocycles. The van der Waals surface area contributed by atoms with Crippen LogP contribution < -0.4 is 4.74 Å². The fourth-order valence-electron chi connectivity index (χ4n) is 2.16. The van der Waals surface area contributed by atoms with Gasteiger partial charge in [-0.3, -0.25) is 0 Å². The van der Waals surface area contributed by atoms with Crippen LogP contribution in [0.3, 0.4) is 0 Å². The Bertz CT molecular complexity index is 749. The smallest absolute Gasteiger partial charge is 0.169 e. The van der Waals surface area contributed by atoms with Gasteiger partial charge in [0.1, 0.15) is 11.5 Å². The van der Waals surface area contributed by atoms with E-state index >= 15 is 0 Å². The maximum atomic E-state index is 5.60. The van der Waals surface area contributed by atoms with E-state index in [0.29, 0.717) is 0 Å². The van der Waals surface area contributed by atoms with Gasteiger partial charge in [0, 0.05) is 0 Å². The lowest BCUT2D eigenvalue weighted by molar-refractivity contribution is 0.415. The van der Waals surface area contributed by atoms with E-state index in [0.717, 1.165) is 27.1 Å². The van der Waals surface area contributed by atoms with Crippen molar-refractivity contribution < 1.29 is 9.15 Å². The van der Waals surface area contributed by atoms with Gasteiger partial charge in [-0.1, -0.05) is 34.1 Å². The first-order chi connectivity index (χ1) is 9.67. The summed E-state index contributed by atoms with van der Waals surface area (Å²) in [6.07, 6.45) is 0. The summed E-state index contributed by atoms with van der Waals surface area (Å²) in [5.74, 6) is 1.75. The zero-order valence-corrected chi connectivity index (χ0v) is 13.9. The van der Waals surface area contributed by atoms with Gasteiger partial charge >= 0.3 is 0 Å². The van der Waals surface area contributed by atoms with Crippen LogP contribution in [0, 0.1) is 0 Å². The molecule has 0 aliphatic carbocycles. The number of methoxy groups -OCH3 is 1. The molecular weight excluding hydrogens is 384 g/mol. The summed E-state index contributed by atoms with van der Waals surface area (Å²) in [7, 11) is 1.68. The second-order valence-corrected chi connectivity index (χ2v) is 6.17. The molecule has 0 spiro atoms. The molecule has 0 radical (unpaired) electrons. The Morgan fingerprint density at radius 1 is 1.00 bits per heavy atom. The Labute approximate surface area is 134 Å². The first kappa shape index (κ1) is 13.7. The van der Waals surface area contributed by atoms with E-state index in [-0.39, 0.29) is 4.83 Å². The molecule has 0 bridgehead atoms. The van der Waals surface area contributed by atoms with Crippen molar-refractivity contribution in [1.82, 2.24) is 0 Å². The van der Waals surface area contributed by atoms with Crippen molar-refractivity contribution in [3.05, 3.63) is 64.5 Å². The molecule has 102 valence electrons. The fourth-order valence-corrected chi connectivity index (χ4v) is 3.01. The Hall–Kier alpha value is -1.26. The average Bonchev–Trinajstić information content (AvgIpc) is 2.92. The highest BCUT2D eigenvalue weighted by atomic mass is 79.9. The molecule has 3 rings (SSSR count). The molecule has 0 saturated heterocycles. The van der Waals surface area contributed by atoms with Gasteiger partial charge in [0.2, 0.25) is 0 Å². The highest BCUT2D eigenvalue weighted by molar-refractivity contribution is 9.10. The molecule has 0 saturated carbocycles. The summed E-state index contributed by atoms with van der Waals surface area (Å²) < 4.78 is 11.6. The van der Waals surface area contributed by atoms with Gasteiger partial charge in [-0.25, -0.2) is 0 Å². The van der Waals surface area contributed by atoms with Crippen LogP contribution in [0.1, 0.15) is 16.2 Å². The predicted octanol–water partition coefficient (Wildman–Crippen LogP) is 5.69. The SMILES string of the molecule is COc1ccc2cc(C(Br)c3ccc(Br)o3)ccc2c1. The van der Waals surface area contributed by atoms with Crippen LogP contribution in [0.25, 0.3) is 10.8 Å². The summed E-state index contributed by atoms with van der Waals surface area (Å²) in [5.41, 5.74) is 1.16. The second kappa shape index (κ2) is 5.62. The molecule has 0 fully saturated rings. The molecule has 3 aromatic rings. The number of furan rings is 1. The maximum Gasteiger partial charge on any atom is 0.169 e. The highest BCUT2D eigenvalue weighted by Crippen LogP contribution is 2.35. The van der Waals surface area contributed by atoms with E-state index in [4.69, 9.17) is 9.15 Å². The van der Waals surface area contributed by atoms with E-state index in [2.05, 4.69) is 56.1 Å². The second-order valence-electron chi connectivity index (χ2n) is 4.48. The van der Waals surface area contributed by atoms with Crippen molar-refractivity contribution in [3.63, 3.8) is 0 Å². The van der Waals surface area contributed by atoms with Crippen LogP contribution in [0.15, 0.2) is 57.6 Å². The average molecular weight is 396 g/mol. The summed E-state index contributed by atoms with van der Waals surface area (Å²) in [6.45, 7) is 0. The third-order valence-electron chi connectivity index (χ3n) is 3.21. The van der Waals surface area contributed by atoms with Crippen molar-refractivity contribution >= 4 is 42.6 Å². The number of ether oxygens (including phenoxy) is 1. The minimum absolute atomic E-state index is 0.0419. The number of fused-ring (bicyclic) bond motifs is 1. The number of hydrogen-bond donors (Lipinski definition) is 0. The van der Waals surface area contributed by atoms with Gasteiger partial charge in [-0.2, -0.15) is 0 Å². The molecule has 1 unspecified atom stereocenters. The largest absolute Gasteiger partial charge is 0.497 e. The molecule has 20 heavy (non-hydrogen) atoms. The van der Waals surface area contributed by atoms with E-state index in [1.807, 2.05) is 24.3 Å². The van der Waals surface area contributed by atoms with Gasteiger partial charge in [0.05, 0.1) is 11.9 Å². The van der Waals surface area contributed by atoms with Crippen molar-refractivity contribution in [3.8, 4) is 5.75 Å². The lowest BCUT2D eigenvalue weighted by Gasteiger charge is -2.09. The van der Waals surface area contributed by atoms with E-state index < -0.39 is 0 Å². The van der Waals surface area contributed by atoms with Crippen molar-refractivity contribution in [2.75, 3.05) is 7.11 Å².